The van der Waals surface area contributed by atoms with Gasteiger partial charge in [-0.3, -0.25) is 9.00 Å². The van der Waals surface area contributed by atoms with Crippen molar-refractivity contribution in [3.8, 4) is 11.1 Å². The molecule has 0 radical (unpaired) electrons. The minimum Gasteiger partial charge on any atom is -0.369 e. The molecular weight excluding hydrogens is 306 g/mol. The van der Waals surface area contributed by atoms with Crippen LogP contribution in [0.4, 0.5) is 0 Å². The number of halogens is 1. The molecule has 0 saturated carbocycles. The van der Waals surface area contributed by atoms with Crippen molar-refractivity contribution in [2.24, 2.45) is 5.73 Å². The first-order valence-corrected chi connectivity index (χ1v) is 8.31. The molecule has 0 fully saturated rings. The van der Waals surface area contributed by atoms with Gasteiger partial charge in [0, 0.05) is 21.6 Å². The van der Waals surface area contributed by atoms with Crippen LogP contribution >= 0.6 is 11.6 Å². The van der Waals surface area contributed by atoms with Crippen LogP contribution in [0, 0.1) is 6.92 Å². The fraction of sp³-hybridized carbons (Fsp3) is 0.188. The Morgan fingerprint density at radius 1 is 1.24 bits per heavy atom. The lowest BCUT2D eigenvalue weighted by atomic mass is 9.99. The third-order valence-corrected chi connectivity index (χ3v) is 4.55. The van der Waals surface area contributed by atoms with E-state index in [0.29, 0.717) is 10.8 Å². The van der Waals surface area contributed by atoms with E-state index in [1.165, 1.54) is 0 Å². The topological polar surface area (TPSA) is 60.2 Å². The molecule has 2 N–H and O–H groups in total. The number of nitrogens with two attached hydrogens (primary N) is 1. The van der Waals surface area contributed by atoms with Gasteiger partial charge in [-0.25, -0.2) is 0 Å². The monoisotopic (exact) mass is 321 g/mol. The van der Waals surface area contributed by atoms with Crippen LogP contribution in [0.1, 0.15) is 11.1 Å². The summed E-state index contributed by atoms with van der Waals surface area (Å²) >= 11 is 5.97. The number of carbonyl (C=O) groups excluding carboxylic acids is 1. The Hall–Kier alpha value is -1.65. The number of hydrogen-bond donors (Lipinski definition) is 1. The lowest BCUT2D eigenvalue weighted by Gasteiger charge is -2.08. The molecule has 110 valence electrons. The third kappa shape index (κ3) is 4.41. The summed E-state index contributed by atoms with van der Waals surface area (Å²) in [6, 6.07) is 13.5. The Balaban J connectivity index is 2.25. The van der Waals surface area contributed by atoms with Gasteiger partial charge in [-0.1, -0.05) is 41.9 Å². The van der Waals surface area contributed by atoms with Crippen molar-refractivity contribution < 1.29 is 9.00 Å². The van der Waals surface area contributed by atoms with Crippen LogP contribution in [0.5, 0.6) is 0 Å². The highest BCUT2D eigenvalue weighted by atomic mass is 35.5. The van der Waals surface area contributed by atoms with Crippen molar-refractivity contribution in [2.75, 3.05) is 5.75 Å². The van der Waals surface area contributed by atoms with Gasteiger partial charge >= 0.3 is 0 Å². The molecule has 0 aliphatic heterocycles. The molecule has 0 aliphatic carbocycles. The largest absolute Gasteiger partial charge is 0.369 e. The number of primary amides is 1. The first kappa shape index (κ1) is 15.7. The fourth-order valence-corrected chi connectivity index (χ4v) is 3.37. The summed E-state index contributed by atoms with van der Waals surface area (Å²) < 4.78 is 11.8. The summed E-state index contributed by atoms with van der Waals surface area (Å²) in [5, 5.41) is 0.704. The summed E-state index contributed by atoms with van der Waals surface area (Å²) in [7, 11) is -1.27. The molecule has 0 bridgehead atoms. The van der Waals surface area contributed by atoms with E-state index in [4.69, 9.17) is 17.3 Å². The van der Waals surface area contributed by atoms with Gasteiger partial charge in [-0.15, -0.1) is 0 Å². The Kier molecular flexibility index (Phi) is 5.15. The minimum absolute atomic E-state index is 0.107. The third-order valence-electron chi connectivity index (χ3n) is 3.06. The zero-order valence-corrected chi connectivity index (χ0v) is 13.2. The lowest BCUT2D eigenvalue weighted by Crippen LogP contribution is -2.20. The number of hydrogen-bond acceptors (Lipinski definition) is 2. The molecule has 1 amide bonds. The van der Waals surface area contributed by atoms with Crippen molar-refractivity contribution in [2.45, 2.75) is 12.7 Å². The smallest absolute Gasteiger partial charge is 0.230 e. The quantitative estimate of drug-likeness (QED) is 0.920. The molecule has 0 spiro atoms. The standard InChI is InChI=1S/C16H16ClNO2S/c1-11-7-14(17)5-6-15(11)13-4-2-3-12(8-13)9-21(20)10-16(18)19/h2-8H,9-10H2,1H3,(H2,18,19). The van der Waals surface area contributed by atoms with Crippen molar-refractivity contribution in [1.82, 2.24) is 0 Å². The first-order chi connectivity index (χ1) is 9.95. The Morgan fingerprint density at radius 2 is 2.00 bits per heavy atom. The average Bonchev–Trinajstić information content (AvgIpc) is 2.37. The van der Waals surface area contributed by atoms with Gasteiger partial charge in [-0.2, -0.15) is 0 Å². The zero-order valence-electron chi connectivity index (χ0n) is 11.6. The molecule has 2 aromatic rings. The van der Waals surface area contributed by atoms with Gasteiger partial charge in [0.1, 0.15) is 5.75 Å². The van der Waals surface area contributed by atoms with Gasteiger partial charge in [0.25, 0.3) is 0 Å². The van der Waals surface area contributed by atoms with Gasteiger partial charge in [0.2, 0.25) is 5.91 Å². The Morgan fingerprint density at radius 3 is 2.67 bits per heavy atom. The van der Waals surface area contributed by atoms with Crippen LogP contribution < -0.4 is 5.73 Å². The molecule has 0 aromatic heterocycles. The van der Waals surface area contributed by atoms with Crippen LogP contribution in [-0.2, 0) is 21.3 Å². The van der Waals surface area contributed by atoms with Crippen molar-refractivity contribution >= 4 is 28.3 Å². The van der Waals surface area contributed by atoms with Crippen molar-refractivity contribution in [3.63, 3.8) is 0 Å². The van der Waals surface area contributed by atoms with Crippen LogP contribution in [0.15, 0.2) is 42.5 Å². The van der Waals surface area contributed by atoms with Crippen LogP contribution in [-0.4, -0.2) is 15.9 Å². The second-order valence-corrected chi connectivity index (χ2v) is 6.75. The lowest BCUT2D eigenvalue weighted by molar-refractivity contribution is -0.115. The van der Waals surface area contributed by atoms with Gasteiger partial charge < -0.3 is 5.73 Å². The van der Waals surface area contributed by atoms with E-state index < -0.39 is 16.7 Å². The molecule has 5 heteroatoms. The van der Waals surface area contributed by atoms with Gasteiger partial charge in [-0.05, 0) is 41.3 Å². The minimum atomic E-state index is -1.27. The van der Waals surface area contributed by atoms with E-state index in [1.807, 2.05) is 49.4 Å². The first-order valence-electron chi connectivity index (χ1n) is 6.44. The number of amides is 1. The van der Waals surface area contributed by atoms with Crippen molar-refractivity contribution in [1.29, 1.82) is 0 Å². The number of benzene rings is 2. The van der Waals surface area contributed by atoms with E-state index in [2.05, 4.69) is 0 Å². The number of carbonyl (C=O) groups is 1. The molecular formula is C16H16ClNO2S. The molecule has 0 saturated heterocycles. The maximum absolute atomic E-state index is 11.8. The molecule has 21 heavy (non-hydrogen) atoms. The van der Waals surface area contributed by atoms with E-state index in [0.717, 1.165) is 22.3 Å². The predicted molar refractivity (Wildman–Crippen MR) is 87.5 cm³/mol. The van der Waals surface area contributed by atoms with Gasteiger partial charge in [0.15, 0.2) is 0 Å². The zero-order chi connectivity index (χ0) is 15.4. The summed E-state index contributed by atoms with van der Waals surface area (Å²) in [5.41, 5.74) is 9.18. The van der Waals surface area contributed by atoms with Gasteiger partial charge in [0.05, 0.1) is 0 Å². The molecule has 2 aromatic carbocycles. The van der Waals surface area contributed by atoms with Crippen LogP contribution in [0.3, 0.4) is 0 Å². The highest BCUT2D eigenvalue weighted by Gasteiger charge is 2.08. The average molecular weight is 322 g/mol. The maximum Gasteiger partial charge on any atom is 0.230 e. The van der Waals surface area contributed by atoms with E-state index in [1.54, 1.807) is 0 Å². The highest BCUT2D eigenvalue weighted by molar-refractivity contribution is 7.84. The second kappa shape index (κ2) is 6.87. The van der Waals surface area contributed by atoms with Crippen LogP contribution in [0.2, 0.25) is 5.02 Å². The second-order valence-electron chi connectivity index (χ2n) is 4.85. The molecule has 3 nitrogen and oxygen atoms in total. The Labute approximate surface area is 131 Å². The van der Waals surface area contributed by atoms with Crippen molar-refractivity contribution in [3.05, 3.63) is 58.6 Å². The molecule has 1 atom stereocenters. The van der Waals surface area contributed by atoms with E-state index >= 15 is 0 Å². The Bertz CT molecular complexity index is 700. The van der Waals surface area contributed by atoms with E-state index in [9.17, 15) is 9.00 Å². The number of aryl methyl sites for hydroxylation is 1. The molecule has 0 aliphatic rings. The molecule has 1 unspecified atom stereocenters. The number of rotatable bonds is 5. The fourth-order valence-electron chi connectivity index (χ4n) is 2.18. The summed E-state index contributed by atoms with van der Waals surface area (Å²) in [6.07, 6.45) is 0. The predicted octanol–water partition coefficient (Wildman–Crippen LogP) is 3.05. The van der Waals surface area contributed by atoms with Crippen LogP contribution in [0.25, 0.3) is 11.1 Å². The summed E-state index contributed by atoms with van der Waals surface area (Å²) in [4.78, 5) is 10.8. The normalized spacial score (nSPS) is 12.1. The SMILES string of the molecule is Cc1cc(Cl)ccc1-c1cccc(CS(=O)CC(N)=O)c1. The summed E-state index contributed by atoms with van der Waals surface area (Å²) in [5.74, 6) is -0.328. The van der Waals surface area contributed by atoms with E-state index in [-0.39, 0.29) is 5.75 Å². The molecule has 2 rings (SSSR count). The summed E-state index contributed by atoms with van der Waals surface area (Å²) in [6.45, 7) is 2.00. The highest BCUT2D eigenvalue weighted by Crippen LogP contribution is 2.26. The molecule has 0 heterocycles. The maximum atomic E-state index is 11.8.